The first-order valence-corrected chi connectivity index (χ1v) is 10.2. The zero-order valence-corrected chi connectivity index (χ0v) is 17.0. The Bertz CT molecular complexity index is 990. The van der Waals surface area contributed by atoms with E-state index in [2.05, 4.69) is 98.9 Å². The van der Waals surface area contributed by atoms with Crippen LogP contribution in [0.25, 0.3) is 0 Å². The Balaban J connectivity index is 1.98. The molecule has 28 heavy (non-hydrogen) atoms. The second kappa shape index (κ2) is 7.63. The van der Waals surface area contributed by atoms with Crippen molar-refractivity contribution < 1.29 is 0 Å². The monoisotopic (exact) mass is 368 g/mol. The predicted octanol–water partition coefficient (Wildman–Crippen LogP) is 6.94. The lowest BCUT2D eigenvalue weighted by molar-refractivity contribution is 0.551. The van der Waals surface area contributed by atoms with Crippen LogP contribution in [0.2, 0.25) is 0 Å². The van der Waals surface area contributed by atoms with Crippen molar-refractivity contribution in [3.05, 3.63) is 95.1 Å². The Morgan fingerprint density at radius 2 is 1.50 bits per heavy atom. The smallest absolute Gasteiger partial charge is 0.106 e. The molecule has 0 saturated carbocycles. The molecule has 0 bridgehead atoms. The fraction of sp³-hybridized carbons (Fsp3) is 0.269. The number of unbranched alkanes of at least 4 members (excludes halogenated alkanes) is 1. The van der Waals surface area contributed by atoms with Gasteiger partial charge in [-0.05, 0) is 54.7 Å². The lowest BCUT2D eigenvalue weighted by atomic mass is 9.76. The molecule has 0 amide bonds. The number of nitrogens with one attached hydrogen (secondary N) is 1. The number of rotatable bonds is 5. The summed E-state index contributed by atoms with van der Waals surface area (Å²) >= 11 is 0. The minimum absolute atomic E-state index is 0.326. The molecule has 142 valence electrons. The molecular formula is C26H28N2. The Labute approximate surface area is 168 Å². The van der Waals surface area contributed by atoms with Crippen molar-refractivity contribution in [2.45, 2.75) is 45.6 Å². The Morgan fingerprint density at radius 1 is 0.857 bits per heavy atom. The Kier molecular flexibility index (Phi) is 5.04. The number of benzene rings is 3. The molecule has 1 unspecified atom stereocenters. The van der Waals surface area contributed by atoms with Gasteiger partial charge in [0.2, 0.25) is 0 Å². The number of aliphatic imine (C=N–C) groups is 1. The van der Waals surface area contributed by atoms with Crippen molar-refractivity contribution >= 4 is 17.1 Å². The van der Waals surface area contributed by atoms with Gasteiger partial charge in [0.25, 0.3) is 0 Å². The molecule has 2 heteroatoms. The summed E-state index contributed by atoms with van der Waals surface area (Å²) in [6.07, 6.45) is 3.29. The lowest BCUT2D eigenvalue weighted by Gasteiger charge is -2.41. The standard InChI is InChI=1S/C26H28N2/c1-4-5-16-26(22-14-10-7-11-15-22)25(21-12-8-6-9-13-21)27-23-17-19(2)20(3)18-24(23)28-26/h6-15,17-18,28H,4-5,16H2,1-3H3. The van der Waals surface area contributed by atoms with Crippen LogP contribution >= 0.6 is 0 Å². The molecule has 2 nitrogen and oxygen atoms in total. The zero-order chi connectivity index (χ0) is 19.6. The van der Waals surface area contributed by atoms with Crippen molar-refractivity contribution in [2.75, 3.05) is 5.32 Å². The molecule has 0 aliphatic carbocycles. The lowest BCUT2D eigenvalue weighted by Crippen LogP contribution is -2.45. The van der Waals surface area contributed by atoms with Crippen molar-refractivity contribution in [2.24, 2.45) is 4.99 Å². The molecule has 0 saturated heterocycles. The molecule has 4 rings (SSSR count). The second-order valence-electron chi connectivity index (χ2n) is 7.78. The minimum Gasteiger partial charge on any atom is -0.369 e. The number of nitrogens with zero attached hydrogens (tertiary/aromatic N) is 1. The van der Waals surface area contributed by atoms with E-state index in [1.807, 2.05) is 0 Å². The van der Waals surface area contributed by atoms with Gasteiger partial charge in [0.1, 0.15) is 5.54 Å². The van der Waals surface area contributed by atoms with Crippen molar-refractivity contribution in [3.63, 3.8) is 0 Å². The summed E-state index contributed by atoms with van der Waals surface area (Å²) in [4.78, 5) is 5.25. The van der Waals surface area contributed by atoms with Crippen molar-refractivity contribution in [1.82, 2.24) is 0 Å². The Morgan fingerprint density at radius 3 is 2.18 bits per heavy atom. The van der Waals surface area contributed by atoms with Crippen LogP contribution < -0.4 is 5.32 Å². The van der Waals surface area contributed by atoms with Crippen LogP contribution in [0, 0.1) is 13.8 Å². The third-order valence-corrected chi connectivity index (χ3v) is 5.82. The minimum atomic E-state index is -0.326. The number of hydrogen-bond acceptors (Lipinski definition) is 2. The Hall–Kier alpha value is -2.87. The van der Waals surface area contributed by atoms with Crippen LogP contribution in [-0.4, -0.2) is 5.71 Å². The van der Waals surface area contributed by atoms with Gasteiger partial charge >= 0.3 is 0 Å². The van der Waals surface area contributed by atoms with E-state index in [0.717, 1.165) is 36.3 Å². The summed E-state index contributed by atoms with van der Waals surface area (Å²) in [6.45, 7) is 6.58. The summed E-state index contributed by atoms with van der Waals surface area (Å²) < 4.78 is 0. The third kappa shape index (κ3) is 3.24. The molecule has 1 aliphatic heterocycles. The molecule has 0 fully saturated rings. The topological polar surface area (TPSA) is 24.4 Å². The van der Waals surface area contributed by atoms with E-state index in [4.69, 9.17) is 4.99 Å². The molecular weight excluding hydrogens is 340 g/mol. The summed E-state index contributed by atoms with van der Waals surface area (Å²) in [5, 5.41) is 3.95. The van der Waals surface area contributed by atoms with E-state index in [9.17, 15) is 0 Å². The molecule has 1 heterocycles. The highest BCUT2D eigenvalue weighted by molar-refractivity contribution is 6.13. The molecule has 1 atom stereocenters. The summed E-state index contributed by atoms with van der Waals surface area (Å²) in [5.41, 5.74) is 7.97. The van der Waals surface area contributed by atoms with Gasteiger partial charge in [-0.1, -0.05) is 80.4 Å². The molecule has 1 aliphatic rings. The first-order chi connectivity index (χ1) is 13.6. The van der Waals surface area contributed by atoms with E-state index >= 15 is 0 Å². The van der Waals surface area contributed by atoms with E-state index in [1.165, 1.54) is 22.3 Å². The number of hydrogen-bond donors (Lipinski definition) is 1. The van der Waals surface area contributed by atoms with Crippen LogP contribution in [-0.2, 0) is 5.54 Å². The zero-order valence-electron chi connectivity index (χ0n) is 17.0. The highest BCUT2D eigenvalue weighted by Gasteiger charge is 2.41. The maximum atomic E-state index is 5.25. The van der Waals surface area contributed by atoms with Gasteiger partial charge in [-0.3, -0.25) is 0 Å². The first-order valence-electron chi connectivity index (χ1n) is 10.2. The SMILES string of the molecule is CCCCC1(c2ccccc2)Nc2cc(C)c(C)cc2N=C1c1ccccc1. The van der Waals surface area contributed by atoms with E-state index in [0.29, 0.717) is 0 Å². The second-order valence-corrected chi connectivity index (χ2v) is 7.78. The maximum absolute atomic E-state index is 5.25. The highest BCUT2D eigenvalue weighted by Crippen LogP contribution is 2.44. The maximum Gasteiger partial charge on any atom is 0.106 e. The van der Waals surface area contributed by atoms with Gasteiger partial charge < -0.3 is 5.32 Å². The van der Waals surface area contributed by atoms with E-state index in [-0.39, 0.29) is 5.54 Å². The fourth-order valence-electron chi connectivity index (χ4n) is 4.10. The normalized spacial score (nSPS) is 18.2. The fourth-order valence-corrected chi connectivity index (χ4v) is 4.10. The average Bonchev–Trinajstić information content (AvgIpc) is 2.74. The van der Waals surface area contributed by atoms with Crippen molar-refractivity contribution in [1.29, 1.82) is 0 Å². The van der Waals surface area contributed by atoms with Crippen LogP contribution in [0.4, 0.5) is 11.4 Å². The first kappa shape index (κ1) is 18.5. The van der Waals surface area contributed by atoms with Crippen LogP contribution in [0.15, 0.2) is 77.8 Å². The van der Waals surface area contributed by atoms with Crippen LogP contribution in [0.1, 0.15) is 48.4 Å². The molecule has 0 radical (unpaired) electrons. The molecule has 3 aromatic rings. The summed E-state index contributed by atoms with van der Waals surface area (Å²) in [5.74, 6) is 0. The van der Waals surface area contributed by atoms with E-state index in [1.54, 1.807) is 0 Å². The van der Waals surface area contributed by atoms with Gasteiger partial charge in [0, 0.05) is 0 Å². The van der Waals surface area contributed by atoms with Crippen molar-refractivity contribution in [3.8, 4) is 0 Å². The number of aryl methyl sites for hydroxylation is 2. The van der Waals surface area contributed by atoms with Gasteiger partial charge in [0.05, 0.1) is 17.1 Å². The highest BCUT2D eigenvalue weighted by atomic mass is 15.1. The largest absolute Gasteiger partial charge is 0.369 e. The van der Waals surface area contributed by atoms with Gasteiger partial charge in [-0.2, -0.15) is 0 Å². The summed E-state index contributed by atoms with van der Waals surface area (Å²) in [7, 11) is 0. The predicted molar refractivity (Wildman–Crippen MR) is 120 cm³/mol. The van der Waals surface area contributed by atoms with Crippen LogP contribution in [0.5, 0.6) is 0 Å². The van der Waals surface area contributed by atoms with Crippen LogP contribution in [0.3, 0.4) is 0 Å². The molecule has 0 aromatic heterocycles. The van der Waals surface area contributed by atoms with Gasteiger partial charge in [0.15, 0.2) is 0 Å². The third-order valence-electron chi connectivity index (χ3n) is 5.82. The van der Waals surface area contributed by atoms with Gasteiger partial charge in [-0.15, -0.1) is 0 Å². The van der Waals surface area contributed by atoms with E-state index < -0.39 is 0 Å². The quantitative estimate of drug-likeness (QED) is 0.518. The number of anilines is 1. The molecule has 1 N–H and O–H groups in total. The summed E-state index contributed by atoms with van der Waals surface area (Å²) in [6, 6.07) is 25.9. The average molecular weight is 369 g/mol. The molecule has 3 aromatic carbocycles. The van der Waals surface area contributed by atoms with Gasteiger partial charge in [-0.25, -0.2) is 4.99 Å². The molecule has 0 spiro atoms. The number of fused-ring (bicyclic) bond motifs is 1.